The predicted molar refractivity (Wildman–Crippen MR) is 64.6 cm³/mol. The molecule has 87 valence electrons. The quantitative estimate of drug-likeness (QED) is 0.922. The van der Waals surface area contributed by atoms with Crippen LogP contribution in [0.25, 0.3) is 0 Å². The van der Waals surface area contributed by atoms with Crippen molar-refractivity contribution < 1.29 is 9.53 Å². The second-order valence-corrected chi connectivity index (χ2v) is 4.27. The van der Waals surface area contributed by atoms with Crippen LogP contribution in [0.4, 0.5) is 0 Å². The van der Waals surface area contributed by atoms with Gasteiger partial charge in [-0.1, -0.05) is 34.8 Å². The Hall–Kier alpha value is -0.480. The molecule has 0 heterocycles. The number of hydrogen-bond donors (Lipinski definition) is 1. The third kappa shape index (κ3) is 3.25. The lowest BCUT2D eigenvalue weighted by Gasteiger charge is -2.12. The maximum atomic E-state index is 11.0. The van der Waals surface area contributed by atoms with Crippen molar-refractivity contribution in [1.29, 1.82) is 0 Å². The number of halogens is 3. The van der Waals surface area contributed by atoms with Crippen LogP contribution in [0.15, 0.2) is 12.1 Å². The van der Waals surface area contributed by atoms with Crippen LogP contribution in [0, 0.1) is 6.10 Å². The summed E-state index contributed by atoms with van der Waals surface area (Å²) in [5.41, 5.74) is 5.67. The monoisotopic (exact) mass is 280 g/mol. The summed E-state index contributed by atoms with van der Waals surface area (Å²) >= 11 is 17.7. The Kier molecular flexibility index (Phi) is 4.87. The molecule has 0 saturated heterocycles. The number of amides is 1. The van der Waals surface area contributed by atoms with Gasteiger partial charge in [0.05, 0.1) is 0 Å². The summed E-state index contributed by atoms with van der Waals surface area (Å²) in [5, 5.41) is 1.17. The zero-order chi connectivity index (χ0) is 12.3. The van der Waals surface area contributed by atoms with E-state index < -0.39 is 5.91 Å². The number of hydrogen-bond acceptors (Lipinski definition) is 2. The SMILES string of the molecule is CO[C](Cc1c(Cl)cc(Cl)cc1Cl)C(N)=O. The van der Waals surface area contributed by atoms with E-state index in [9.17, 15) is 4.79 Å². The molecule has 2 N–H and O–H groups in total. The number of benzene rings is 1. The van der Waals surface area contributed by atoms with Gasteiger partial charge in [0.2, 0.25) is 0 Å². The fraction of sp³-hybridized carbons (Fsp3) is 0.200. The van der Waals surface area contributed by atoms with Gasteiger partial charge in [0.25, 0.3) is 5.91 Å². The van der Waals surface area contributed by atoms with E-state index in [4.69, 9.17) is 45.3 Å². The molecule has 0 spiro atoms. The van der Waals surface area contributed by atoms with E-state index in [1.54, 1.807) is 12.1 Å². The Bertz CT molecular complexity index is 386. The lowest BCUT2D eigenvalue weighted by Crippen LogP contribution is -2.24. The molecule has 6 heteroatoms. The number of ether oxygens (including phenoxy) is 1. The molecule has 1 radical (unpaired) electrons. The highest BCUT2D eigenvalue weighted by molar-refractivity contribution is 6.39. The molecule has 0 aliphatic carbocycles. The molecule has 0 aromatic heterocycles. The van der Waals surface area contributed by atoms with Crippen LogP contribution >= 0.6 is 34.8 Å². The molecule has 1 aromatic rings. The summed E-state index contributed by atoms with van der Waals surface area (Å²) < 4.78 is 4.85. The average Bonchev–Trinajstić information content (AvgIpc) is 2.15. The van der Waals surface area contributed by atoms with Gasteiger partial charge >= 0.3 is 0 Å². The average molecular weight is 282 g/mol. The topological polar surface area (TPSA) is 52.3 Å². The first-order valence-corrected chi connectivity index (χ1v) is 5.42. The number of carbonyl (C=O) groups excluding carboxylic acids is 1. The smallest absolute Gasteiger partial charge is 0.253 e. The lowest BCUT2D eigenvalue weighted by molar-refractivity contribution is -0.121. The van der Waals surface area contributed by atoms with Gasteiger partial charge in [0.15, 0.2) is 6.10 Å². The highest BCUT2D eigenvalue weighted by Gasteiger charge is 2.20. The molecule has 0 atom stereocenters. The van der Waals surface area contributed by atoms with Crippen molar-refractivity contribution in [2.24, 2.45) is 5.73 Å². The summed E-state index contributed by atoms with van der Waals surface area (Å²) in [6.07, 6.45) is 0.229. The molecule has 3 nitrogen and oxygen atoms in total. The van der Waals surface area contributed by atoms with E-state index in [-0.39, 0.29) is 12.5 Å². The predicted octanol–water partition coefficient (Wildman–Crippen LogP) is 2.85. The van der Waals surface area contributed by atoms with Crippen LogP contribution in [0.1, 0.15) is 5.56 Å². The van der Waals surface area contributed by atoms with Gasteiger partial charge in [-0.25, -0.2) is 0 Å². The van der Waals surface area contributed by atoms with Gasteiger partial charge in [-0.15, -0.1) is 0 Å². The molecule has 1 rings (SSSR count). The molecule has 1 amide bonds. The van der Waals surface area contributed by atoms with E-state index in [1.807, 2.05) is 0 Å². The number of primary amides is 1. The second-order valence-electron chi connectivity index (χ2n) is 3.02. The number of carbonyl (C=O) groups is 1. The maximum absolute atomic E-state index is 11.0. The first-order chi connectivity index (χ1) is 7.45. The van der Waals surface area contributed by atoms with Gasteiger partial charge in [0.1, 0.15) is 0 Å². The van der Waals surface area contributed by atoms with E-state index in [0.717, 1.165) is 0 Å². The Morgan fingerprint density at radius 2 is 1.81 bits per heavy atom. The van der Waals surface area contributed by atoms with Gasteiger partial charge in [0, 0.05) is 28.6 Å². The van der Waals surface area contributed by atoms with Gasteiger partial charge < -0.3 is 10.5 Å². The zero-order valence-corrected chi connectivity index (χ0v) is 10.7. The van der Waals surface area contributed by atoms with Crippen molar-refractivity contribution in [2.75, 3.05) is 7.11 Å². The highest BCUT2D eigenvalue weighted by Crippen LogP contribution is 2.31. The highest BCUT2D eigenvalue weighted by atomic mass is 35.5. The van der Waals surface area contributed by atoms with Crippen LogP contribution in [0.3, 0.4) is 0 Å². The Morgan fingerprint density at radius 3 is 2.19 bits per heavy atom. The van der Waals surface area contributed by atoms with Crippen LogP contribution in [0.5, 0.6) is 0 Å². The first-order valence-electron chi connectivity index (χ1n) is 4.28. The molecule has 0 saturated carbocycles. The first kappa shape index (κ1) is 13.6. The zero-order valence-electron chi connectivity index (χ0n) is 8.39. The van der Waals surface area contributed by atoms with Crippen molar-refractivity contribution in [3.63, 3.8) is 0 Å². The normalized spacial score (nSPS) is 10.8. The lowest BCUT2D eigenvalue weighted by atomic mass is 10.1. The van der Waals surface area contributed by atoms with Gasteiger partial charge in [-0.2, -0.15) is 0 Å². The van der Waals surface area contributed by atoms with Gasteiger partial charge in [-0.05, 0) is 17.7 Å². The maximum Gasteiger partial charge on any atom is 0.253 e. The Morgan fingerprint density at radius 1 is 1.31 bits per heavy atom. The molecule has 16 heavy (non-hydrogen) atoms. The van der Waals surface area contributed by atoms with Gasteiger partial charge in [-0.3, -0.25) is 4.79 Å². The minimum absolute atomic E-state index is 0.0890. The minimum atomic E-state index is -0.649. The van der Waals surface area contributed by atoms with Crippen LogP contribution in [-0.4, -0.2) is 13.0 Å². The van der Waals surface area contributed by atoms with Crippen LogP contribution in [-0.2, 0) is 16.0 Å². The number of rotatable bonds is 4. The molecule has 0 aliphatic rings. The summed E-state index contributed by atoms with van der Waals surface area (Å²) in [6.45, 7) is 0. The molecule has 0 aliphatic heterocycles. The van der Waals surface area contributed by atoms with Crippen molar-refractivity contribution in [2.45, 2.75) is 6.42 Å². The Balaban J connectivity index is 3.01. The summed E-state index contributed by atoms with van der Waals surface area (Å²) in [6, 6.07) is 3.08. The fourth-order valence-corrected chi connectivity index (χ4v) is 2.11. The third-order valence-corrected chi connectivity index (χ3v) is 2.86. The fourth-order valence-electron chi connectivity index (χ4n) is 1.16. The van der Waals surface area contributed by atoms with Crippen molar-refractivity contribution in [3.05, 3.63) is 38.9 Å². The largest absolute Gasteiger partial charge is 0.367 e. The molecule has 1 aromatic carbocycles. The van der Waals surface area contributed by atoms with Crippen molar-refractivity contribution in [1.82, 2.24) is 0 Å². The van der Waals surface area contributed by atoms with E-state index in [1.165, 1.54) is 7.11 Å². The summed E-state index contributed by atoms with van der Waals surface area (Å²) in [5.74, 6) is -0.649. The molecular formula is C10H9Cl3NO2. The molecule has 0 unspecified atom stereocenters. The van der Waals surface area contributed by atoms with Crippen molar-refractivity contribution >= 4 is 40.7 Å². The van der Waals surface area contributed by atoms with E-state index in [2.05, 4.69) is 0 Å². The molecule has 0 fully saturated rings. The van der Waals surface area contributed by atoms with E-state index in [0.29, 0.717) is 20.6 Å². The minimum Gasteiger partial charge on any atom is -0.367 e. The number of methoxy groups -OCH3 is 1. The number of nitrogens with two attached hydrogens (primary N) is 1. The molecular weight excluding hydrogens is 272 g/mol. The van der Waals surface area contributed by atoms with Crippen molar-refractivity contribution in [3.8, 4) is 0 Å². The van der Waals surface area contributed by atoms with Crippen LogP contribution < -0.4 is 5.73 Å². The molecule has 0 bridgehead atoms. The summed E-state index contributed by atoms with van der Waals surface area (Å²) in [7, 11) is 1.36. The second kappa shape index (κ2) is 5.73. The standard InChI is InChI=1S/C10H9Cl3NO2/c1-16-9(10(14)15)4-6-7(12)2-5(11)3-8(6)13/h2-3H,4H2,1H3,(H2,14,15). The van der Waals surface area contributed by atoms with E-state index >= 15 is 0 Å². The Labute approximate surface area is 108 Å². The third-order valence-electron chi connectivity index (χ3n) is 1.96. The van der Waals surface area contributed by atoms with Crippen LogP contribution in [0.2, 0.25) is 15.1 Å². The summed E-state index contributed by atoms with van der Waals surface area (Å²) in [4.78, 5) is 11.0.